The molecular formula is C16H14Cl2O2. The molecule has 0 bridgehead atoms. The van der Waals surface area contributed by atoms with E-state index < -0.39 is 0 Å². The molecule has 2 aromatic carbocycles. The fourth-order valence-corrected chi connectivity index (χ4v) is 2.41. The number of hydrogen-bond acceptors (Lipinski definition) is 2. The number of carbonyl (C=O) groups excluding carboxylic acids is 1. The SMILES string of the molecule is Cc1ccc(OCC(=O)c2ccc(Cl)cc2Cl)c(C)c1. The molecule has 4 heteroatoms. The van der Waals surface area contributed by atoms with Crippen molar-refractivity contribution in [2.75, 3.05) is 6.61 Å². The third-order valence-corrected chi connectivity index (χ3v) is 3.47. The number of Topliss-reactive ketones (excluding diaryl/α,β-unsaturated/α-hetero) is 1. The molecule has 0 radical (unpaired) electrons. The molecule has 2 aromatic rings. The number of carbonyl (C=O) groups is 1. The van der Waals surface area contributed by atoms with E-state index in [4.69, 9.17) is 27.9 Å². The number of benzene rings is 2. The Morgan fingerprint density at radius 2 is 1.85 bits per heavy atom. The fraction of sp³-hybridized carbons (Fsp3) is 0.188. The van der Waals surface area contributed by atoms with Gasteiger partial charge in [0.15, 0.2) is 6.61 Å². The summed E-state index contributed by atoms with van der Waals surface area (Å²) in [6.07, 6.45) is 0. The molecule has 0 aliphatic carbocycles. The van der Waals surface area contributed by atoms with Gasteiger partial charge in [-0.05, 0) is 43.7 Å². The van der Waals surface area contributed by atoms with Crippen molar-refractivity contribution in [3.05, 3.63) is 63.1 Å². The normalized spacial score (nSPS) is 10.4. The van der Waals surface area contributed by atoms with Crippen molar-refractivity contribution in [1.82, 2.24) is 0 Å². The molecule has 104 valence electrons. The summed E-state index contributed by atoms with van der Waals surface area (Å²) in [7, 11) is 0. The van der Waals surface area contributed by atoms with E-state index in [0.717, 1.165) is 11.1 Å². The Bertz CT molecular complexity index is 651. The van der Waals surface area contributed by atoms with E-state index in [1.165, 1.54) is 0 Å². The zero-order valence-electron chi connectivity index (χ0n) is 11.2. The molecular weight excluding hydrogens is 295 g/mol. The van der Waals surface area contributed by atoms with E-state index >= 15 is 0 Å². The molecule has 0 unspecified atom stereocenters. The van der Waals surface area contributed by atoms with Crippen LogP contribution in [0.15, 0.2) is 36.4 Å². The average Bonchev–Trinajstić information content (AvgIpc) is 2.37. The average molecular weight is 309 g/mol. The van der Waals surface area contributed by atoms with Crippen molar-refractivity contribution in [3.8, 4) is 5.75 Å². The first-order valence-corrected chi connectivity index (χ1v) is 6.91. The topological polar surface area (TPSA) is 26.3 Å². The number of ether oxygens (including phenoxy) is 1. The summed E-state index contributed by atoms with van der Waals surface area (Å²) in [4.78, 5) is 12.1. The lowest BCUT2D eigenvalue weighted by Crippen LogP contribution is -2.12. The van der Waals surface area contributed by atoms with Crippen LogP contribution in [0.1, 0.15) is 21.5 Å². The highest BCUT2D eigenvalue weighted by Gasteiger charge is 2.12. The van der Waals surface area contributed by atoms with Crippen LogP contribution in [0.2, 0.25) is 10.0 Å². The van der Waals surface area contributed by atoms with Crippen LogP contribution in [0, 0.1) is 13.8 Å². The van der Waals surface area contributed by atoms with E-state index in [0.29, 0.717) is 21.4 Å². The minimum atomic E-state index is -0.174. The Kier molecular flexibility index (Phi) is 4.69. The second kappa shape index (κ2) is 6.29. The Labute approximate surface area is 128 Å². The Morgan fingerprint density at radius 1 is 1.10 bits per heavy atom. The van der Waals surface area contributed by atoms with Gasteiger partial charge in [0, 0.05) is 10.6 Å². The highest BCUT2D eigenvalue weighted by molar-refractivity contribution is 6.36. The van der Waals surface area contributed by atoms with Gasteiger partial charge >= 0.3 is 0 Å². The molecule has 0 saturated carbocycles. The van der Waals surface area contributed by atoms with Gasteiger partial charge in [0.25, 0.3) is 0 Å². The zero-order chi connectivity index (χ0) is 14.7. The minimum absolute atomic E-state index is 0.0503. The number of ketones is 1. The lowest BCUT2D eigenvalue weighted by atomic mass is 10.1. The van der Waals surface area contributed by atoms with Gasteiger partial charge in [0.1, 0.15) is 5.75 Å². The number of halogens is 2. The summed E-state index contributed by atoms with van der Waals surface area (Å²) in [6, 6.07) is 10.6. The van der Waals surface area contributed by atoms with Crippen molar-refractivity contribution in [2.24, 2.45) is 0 Å². The monoisotopic (exact) mass is 308 g/mol. The molecule has 0 amide bonds. The van der Waals surface area contributed by atoms with Gasteiger partial charge in [-0.2, -0.15) is 0 Å². The standard InChI is InChI=1S/C16H14Cl2O2/c1-10-3-6-16(11(2)7-10)20-9-15(19)13-5-4-12(17)8-14(13)18/h3-8H,9H2,1-2H3. The molecule has 20 heavy (non-hydrogen) atoms. The molecule has 0 atom stereocenters. The lowest BCUT2D eigenvalue weighted by molar-refractivity contribution is 0.0921. The third-order valence-electron chi connectivity index (χ3n) is 2.92. The van der Waals surface area contributed by atoms with Crippen LogP contribution in [0.4, 0.5) is 0 Å². The first-order valence-electron chi connectivity index (χ1n) is 6.15. The van der Waals surface area contributed by atoms with Crippen LogP contribution in [0.25, 0.3) is 0 Å². The van der Waals surface area contributed by atoms with Gasteiger partial charge in [0.2, 0.25) is 5.78 Å². The number of aryl methyl sites for hydroxylation is 2. The quantitative estimate of drug-likeness (QED) is 0.753. The van der Waals surface area contributed by atoms with Gasteiger partial charge < -0.3 is 4.74 Å². The zero-order valence-corrected chi connectivity index (χ0v) is 12.8. The van der Waals surface area contributed by atoms with Gasteiger partial charge in [-0.1, -0.05) is 40.9 Å². The van der Waals surface area contributed by atoms with Crippen molar-refractivity contribution in [1.29, 1.82) is 0 Å². The second-order valence-corrected chi connectivity index (χ2v) is 5.45. The Hall–Kier alpha value is -1.51. The molecule has 2 rings (SSSR count). The maximum atomic E-state index is 12.1. The van der Waals surface area contributed by atoms with E-state index in [1.807, 2.05) is 32.0 Å². The van der Waals surface area contributed by atoms with Crippen LogP contribution >= 0.6 is 23.2 Å². The van der Waals surface area contributed by atoms with Gasteiger partial charge in [-0.25, -0.2) is 0 Å². The summed E-state index contributed by atoms with van der Waals surface area (Å²) in [6.45, 7) is 3.91. The molecule has 0 spiro atoms. The predicted octanol–water partition coefficient (Wildman–Crippen LogP) is 4.87. The van der Waals surface area contributed by atoms with Crippen LogP contribution in [0.5, 0.6) is 5.75 Å². The van der Waals surface area contributed by atoms with Crippen molar-refractivity contribution < 1.29 is 9.53 Å². The summed E-state index contributed by atoms with van der Waals surface area (Å²) in [5.41, 5.74) is 2.57. The van der Waals surface area contributed by atoms with Crippen LogP contribution in [-0.4, -0.2) is 12.4 Å². The maximum Gasteiger partial charge on any atom is 0.201 e. The van der Waals surface area contributed by atoms with Crippen LogP contribution in [-0.2, 0) is 0 Å². The first-order chi connectivity index (χ1) is 9.47. The molecule has 0 aromatic heterocycles. The van der Waals surface area contributed by atoms with Crippen molar-refractivity contribution in [2.45, 2.75) is 13.8 Å². The van der Waals surface area contributed by atoms with Gasteiger partial charge in [-0.3, -0.25) is 4.79 Å². The molecule has 0 N–H and O–H groups in total. The summed E-state index contributed by atoms with van der Waals surface area (Å²) in [5, 5.41) is 0.841. The first kappa shape index (κ1) is 14.9. The van der Waals surface area contributed by atoms with E-state index in [9.17, 15) is 4.79 Å². The highest BCUT2D eigenvalue weighted by Crippen LogP contribution is 2.23. The summed E-state index contributed by atoms with van der Waals surface area (Å²) >= 11 is 11.8. The van der Waals surface area contributed by atoms with Crippen molar-refractivity contribution in [3.63, 3.8) is 0 Å². The molecule has 2 nitrogen and oxygen atoms in total. The van der Waals surface area contributed by atoms with Gasteiger partial charge in [0.05, 0.1) is 5.02 Å². The lowest BCUT2D eigenvalue weighted by Gasteiger charge is -2.10. The fourth-order valence-electron chi connectivity index (χ4n) is 1.90. The van der Waals surface area contributed by atoms with Gasteiger partial charge in [-0.15, -0.1) is 0 Å². The number of hydrogen-bond donors (Lipinski definition) is 0. The molecule has 0 heterocycles. The van der Waals surface area contributed by atoms with Crippen LogP contribution < -0.4 is 4.74 Å². The predicted molar refractivity (Wildman–Crippen MR) is 82.2 cm³/mol. The smallest absolute Gasteiger partial charge is 0.201 e. The van der Waals surface area contributed by atoms with E-state index in [-0.39, 0.29) is 12.4 Å². The van der Waals surface area contributed by atoms with E-state index in [2.05, 4.69) is 0 Å². The van der Waals surface area contributed by atoms with Crippen LogP contribution in [0.3, 0.4) is 0 Å². The highest BCUT2D eigenvalue weighted by atomic mass is 35.5. The third kappa shape index (κ3) is 3.53. The number of rotatable bonds is 4. The molecule has 0 saturated heterocycles. The largest absolute Gasteiger partial charge is 0.485 e. The molecule has 0 aliphatic heterocycles. The summed E-state index contributed by atoms with van der Waals surface area (Å²) in [5.74, 6) is 0.528. The van der Waals surface area contributed by atoms with E-state index in [1.54, 1.807) is 18.2 Å². The van der Waals surface area contributed by atoms with Crippen molar-refractivity contribution >= 4 is 29.0 Å². The molecule has 0 aliphatic rings. The minimum Gasteiger partial charge on any atom is -0.485 e. The second-order valence-electron chi connectivity index (χ2n) is 4.60. The maximum absolute atomic E-state index is 12.1. The molecule has 0 fully saturated rings. The summed E-state index contributed by atoms with van der Waals surface area (Å²) < 4.78 is 5.55. The Morgan fingerprint density at radius 3 is 2.50 bits per heavy atom. The Balaban J connectivity index is 2.08.